The van der Waals surface area contributed by atoms with Crippen LogP contribution in [0.3, 0.4) is 0 Å². The van der Waals surface area contributed by atoms with Gasteiger partial charge >= 0.3 is 18.0 Å². The number of esters is 1. The predicted octanol–water partition coefficient (Wildman–Crippen LogP) is 6.67. The molecular weight excluding hydrogens is 953 g/mol. The molecule has 75 heavy (non-hydrogen) atoms. The quantitative estimate of drug-likeness (QED) is 0.0771. The molecule has 7 amide bonds. The number of nitrogens with two attached hydrogens (primary N) is 1. The average Bonchev–Trinajstić information content (AvgIpc) is 3.94. The number of urea groups is 2. The Morgan fingerprint density at radius 2 is 1.41 bits per heavy atom. The van der Waals surface area contributed by atoms with Gasteiger partial charge in [-0.1, -0.05) is 115 Å². The zero-order chi connectivity index (χ0) is 52.4. The molecule has 10 rings (SSSR count). The van der Waals surface area contributed by atoms with Crippen molar-refractivity contribution in [3.05, 3.63) is 191 Å². The Morgan fingerprint density at radius 1 is 0.773 bits per heavy atom. The first kappa shape index (κ1) is 50.0. The van der Waals surface area contributed by atoms with Crippen LogP contribution in [-0.2, 0) is 35.9 Å². The Labute approximate surface area is 434 Å². The van der Waals surface area contributed by atoms with Crippen LogP contribution >= 0.6 is 0 Å². The number of imide groups is 1. The van der Waals surface area contributed by atoms with Crippen LogP contribution in [0.5, 0.6) is 5.75 Å². The largest absolute Gasteiger partial charge is 0.491 e. The van der Waals surface area contributed by atoms with Crippen molar-refractivity contribution < 1.29 is 43.3 Å². The number of fused-ring (bicyclic) bond motifs is 3. The molecule has 7 atom stereocenters. The standard InChI is InChI=1S/C58H58N8O9/c1-36(39-12-6-3-7-13-39)61-57(73)65-47-27-18-38(35-60-56(59)72)34-46(47)58(55(65)71)48(53(69)62-43-21-23-44(24-22-43)64-30-28-63(29-31-64)37(2)68)50-54(70)75-51(41-16-10-5-11-17-41)49(40-14-8-4-9-15-40)66(50)52(58)42-19-25-45(26-20-42)74-33-32-67/h3-27,34,36,48-52,67H,28-33,35H2,1-2H3,(H,61,73)(H,62,69)(H3,59,60,72)/t36-,48+,49+,50+,51-,52-,58+/m0/s1. The SMILES string of the molecule is CC(=O)N1CCN(c2ccc(NC(=O)[C@H]3[C@@H]4C(=O)O[C@@H](c5ccccc5)[C@@H](c5ccccc5)N4[C@@H](c4ccc(OCCO)cc4)[C@]34C(=O)N(C(=O)N[C@@H](C)c3ccccc3)c3ccc(CNC(N)=O)cc34)cc2)CC1. The molecule has 0 aromatic heterocycles. The molecule has 1 spiro atoms. The second-order valence-electron chi connectivity index (χ2n) is 19.2. The van der Waals surface area contributed by atoms with Crippen LogP contribution in [0.15, 0.2) is 158 Å². The maximum atomic E-state index is 16.7. The van der Waals surface area contributed by atoms with Crippen molar-refractivity contribution in [2.45, 2.75) is 56.1 Å². The molecular formula is C58H58N8O9. The maximum Gasteiger partial charge on any atom is 0.329 e. The fourth-order valence-corrected chi connectivity index (χ4v) is 11.5. The third-order valence-corrected chi connectivity index (χ3v) is 14.9. The molecule has 4 aliphatic heterocycles. The minimum absolute atomic E-state index is 0.0146. The number of benzene rings is 6. The van der Waals surface area contributed by atoms with E-state index in [0.29, 0.717) is 54.3 Å². The van der Waals surface area contributed by atoms with Crippen molar-refractivity contribution in [3.63, 3.8) is 0 Å². The molecule has 6 aromatic rings. The van der Waals surface area contributed by atoms with Crippen molar-refractivity contribution in [1.82, 2.24) is 20.4 Å². The number of carbonyl (C=O) groups is 6. The van der Waals surface area contributed by atoms with E-state index in [1.165, 1.54) is 0 Å². The summed E-state index contributed by atoms with van der Waals surface area (Å²) in [5.41, 5.74) is 8.37. The Balaban J connectivity index is 1.19. The molecule has 6 aromatic carbocycles. The summed E-state index contributed by atoms with van der Waals surface area (Å²) >= 11 is 0. The first-order valence-corrected chi connectivity index (χ1v) is 25.1. The number of morpholine rings is 1. The van der Waals surface area contributed by atoms with E-state index in [0.717, 1.165) is 21.7 Å². The molecule has 6 N–H and O–H groups in total. The van der Waals surface area contributed by atoms with Crippen LogP contribution < -0.4 is 36.2 Å². The van der Waals surface area contributed by atoms with Crippen LogP contribution in [0.25, 0.3) is 0 Å². The van der Waals surface area contributed by atoms with Gasteiger partial charge in [-0.25, -0.2) is 14.5 Å². The van der Waals surface area contributed by atoms with E-state index >= 15 is 19.2 Å². The number of piperazine rings is 1. The molecule has 0 unspecified atom stereocenters. The fourth-order valence-electron chi connectivity index (χ4n) is 11.5. The van der Waals surface area contributed by atoms with Gasteiger partial charge in [0, 0.05) is 51.0 Å². The van der Waals surface area contributed by atoms with Crippen molar-refractivity contribution >= 4 is 52.8 Å². The summed E-state index contributed by atoms with van der Waals surface area (Å²) in [5, 5.41) is 18.5. The van der Waals surface area contributed by atoms with E-state index in [9.17, 15) is 14.7 Å². The van der Waals surface area contributed by atoms with Crippen LogP contribution in [0.4, 0.5) is 26.7 Å². The smallest absolute Gasteiger partial charge is 0.329 e. The number of aliphatic hydroxyl groups excluding tert-OH is 1. The Morgan fingerprint density at radius 3 is 2.04 bits per heavy atom. The summed E-state index contributed by atoms with van der Waals surface area (Å²) in [6.07, 6.45) is -0.955. The van der Waals surface area contributed by atoms with Crippen molar-refractivity contribution in [2.24, 2.45) is 11.7 Å². The van der Waals surface area contributed by atoms with E-state index in [-0.39, 0.29) is 36.9 Å². The monoisotopic (exact) mass is 1010 g/mol. The number of anilines is 3. The molecule has 4 aliphatic rings. The number of hydrogen-bond acceptors (Lipinski definition) is 11. The first-order chi connectivity index (χ1) is 36.4. The Kier molecular flexibility index (Phi) is 14.1. The number of nitrogens with zero attached hydrogens (tertiary/aromatic N) is 4. The number of carbonyl (C=O) groups excluding carboxylic acids is 6. The molecule has 384 valence electrons. The lowest BCUT2D eigenvalue weighted by Gasteiger charge is -2.46. The molecule has 17 nitrogen and oxygen atoms in total. The number of ether oxygens (including phenoxy) is 2. The van der Waals surface area contributed by atoms with Gasteiger partial charge in [-0.05, 0) is 82.8 Å². The molecule has 3 fully saturated rings. The lowest BCUT2D eigenvalue weighted by Crippen LogP contribution is -2.55. The fraction of sp³-hybridized carbons (Fsp3) is 0.276. The maximum absolute atomic E-state index is 16.7. The van der Waals surface area contributed by atoms with Crippen LogP contribution in [0.1, 0.15) is 71.5 Å². The first-order valence-electron chi connectivity index (χ1n) is 25.1. The van der Waals surface area contributed by atoms with Crippen LogP contribution in [0.2, 0.25) is 0 Å². The molecule has 0 bridgehead atoms. The third-order valence-electron chi connectivity index (χ3n) is 14.9. The van der Waals surface area contributed by atoms with E-state index in [2.05, 4.69) is 20.9 Å². The summed E-state index contributed by atoms with van der Waals surface area (Å²) in [6, 6.07) is 41.7. The summed E-state index contributed by atoms with van der Waals surface area (Å²) in [7, 11) is 0. The molecule has 0 saturated carbocycles. The number of cyclic esters (lactones) is 1. The van der Waals surface area contributed by atoms with Crippen LogP contribution in [-0.4, -0.2) is 96.1 Å². The van der Waals surface area contributed by atoms with Gasteiger partial charge in [0.2, 0.25) is 17.7 Å². The van der Waals surface area contributed by atoms with E-state index in [1.807, 2.05) is 108 Å². The van der Waals surface area contributed by atoms with E-state index in [1.54, 1.807) is 73.3 Å². The number of hydrogen-bond donors (Lipinski definition) is 5. The normalized spacial score (nSPS) is 22.4. The van der Waals surface area contributed by atoms with Crippen LogP contribution in [0, 0.1) is 5.92 Å². The number of amides is 7. The van der Waals surface area contributed by atoms with Crippen molar-refractivity contribution in [1.29, 1.82) is 0 Å². The highest BCUT2D eigenvalue weighted by Crippen LogP contribution is 2.66. The topological polar surface area (TPSA) is 216 Å². The summed E-state index contributed by atoms with van der Waals surface area (Å²) in [5.74, 6) is -3.39. The van der Waals surface area contributed by atoms with E-state index < -0.39 is 71.5 Å². The van der Waals surface area contributed by atoms with Gasteiger partial charge in [-0.15, -0.1) is 0 Å². The number of primary amides is 1. The molecule has 17 heteroatoms. The van der Waals surface area contributed by atoms with Gasteiger partial charge in [0.15, 0.2) is 0 Å². The van der Waals surface area contributed by atoms with Gasteiger partial charge in [0.25, 0.3) is 0 Å². The second kappa shape index (κ2) is 21.1. The second-order valence-corrected chi connectivity index (χ2v) is 19.2. The molecule has 0 aliphatic carbocycles. The predicted molar refractivity (Wildman–Crippen MR) is 280 cm³/mol. The lowest BCUT2D eigenvalue weighted by molar-refractivity contribution is -0.177. The molecule has 0 radical (unpaired) electrons. The minimum atomic E-state index is -2.10. The zero-order valence-corrected chi connectivity index (χ0v) is 41.5. The average molecular weight is 1010 g/mol. The number of rotatable bonds is 13. The molecule has 3 saturated heterocycles. The summed E-state index contributed by atoms with van der Waals surface area (Å²) < 4.78 is 12.5. The minimum Gasteiger partial charge on any atom is -0.491 e. The van der Waals surface area contributed by atoms with Crippen molar-refractivity contribution in [3.8, 4) is 5.75 Å². The van der Waals surface area contributed by atoms with Gasteiger partial charge < -0.3 is 46.1 Å². The van der Waals surface area contributed by atoms with Gasteiger partial charge in [0.05, 0.1) is 36.3 Å². The highest BCUT2D eigenvalue weighted by Gasteiger charge is 2.75. The lowest BCUT2D eigenvalue weighted by atomic mass is 9.65. The zero-order valence-electron chi connectivity index (χ0n) is 41.5. The number of nitrogens with one attached hydrogen (secondary N) is 3. The molecule has 4 heterocycles. The third kappa shape index (κ3) is 9.40. The van der Waals surface area contributed by atoms with Gasteiger partial charge in [0.1, 0.15) is 29.9 Å². The van der Waals surface area contributed by atoms with Crippen molar-refractivity contribution in [2.75, 3.05) is 54.5 Å². The highest BCUT2D eigenvalue weighted by atomic mass is 16.6. The summed E-state index contributed by atoms with van der Waals surface area (Å²) in [6.45, 7) is 5.43. The van der Waals surface area contributed by atoms with E-state index in [4.69, 9.17) is 15.2 Å². The van der Waals surface area contributed by atoms with Gasteiger partial charge in [-0.2, -0.15) is 0 Å². The Hall–Kier alpha value is -8.54. The summed E-state index contributed by atoms with van der Waals surface area (Å²) in [4.78, 5) is 94.9. The Bertz CT molecular complexity index is 3080. The van der Waals surface area contributed by atoms with Gasteiger partial charge in [-0.3, -0.25) is 24.1 Å². The highest BCUT2D eigenvalue weighted by molar-refractivity contribution is 6.25. The number of aliphatic hydroxyl groups is 1.